The lowest BCUT2D eigenvalue weighted by molar-refractivity contribution is -0.385. The van der Waals surface area contributed by atoms with E-state index in [2.05, 4.69) is 10.3 Å². The van der Waals surface area contributed by atoms with E-state index in [-0.39, 0.29) is 16.6 Å². The molecule has 2 rings (SSSR count). The summed E-state index contributed by atoms with van der Waals surface area (Å²) in [6.45, 7) is -0.546. The Labute approximate surface area is 128 Å². The number of amides is 1. The number of ether oxygens (including phenoxy) is 1. The van der Waals surface area contributed by atoms with Crippen molar-refractivity contribution in [3.05, 3.63) is 57.6 Å². The number of rotatable bonds is 5. The standard InChI is InChI=1S/C13H9ClFN3O4/c14-13-9(2-1-5-16-13)17-12(19)7-22-11-6-8(15)3-4-10(11)18(20)21/h1-6H,7H2,(H,17,19). The molecule has 0 atom stereocenters. The minimum atomic E-state index is -0.731. The van der Waals surface area contributed by atoms with Crippen LogP contribution in [0.2, 0.25) is 5.15 Å². The highest BCUT2D eigenvalue weighted by molar-refractivity contribution is 6.32. The lowest BCUT2D eigenvalue weighted by atomic mass is 10.3. The Morgan fingerprint density at radius 1 is 1.45 bits per heavy atom. The van der Waals surface area contributed by atoms with Crippen LogP contribution in [0.1, 0.15) is 0 Å². The molecule has 0 unspecified atom stereocenters. The van der Waals surface area contributed by atoms with Gasteiger partial charge < -0.3 is 10.1 Å². The summed E-state index contributed by atoms with van der Waals surface area (Å²) in [5.41, 5.74) is -0.167. The number of benzene rings is 1. The zero-order chi connectivity index (χ0) is 16.1. The summed E-state index contributed by atoms with van der Waals surface area (Å²) in [4.78, 5) is 25.5. The van der Waals surface area contributed by atoms with Gasteiger partial charge in [0.05, 0.1) is 10.6 Å². The number of halogens is 2. The van der Waals surface area contributed by atoms with Crippen LogP contribution in [0.15, 0.2) is 36.5 Å². The molecule has 1 N–H and O–H groups in total. The van der Waals surface area contributed by atoms with Crippen LogP contribution in [0.5, 0.6) is 5.75 Å². The molecular formula is C13H9ClFN3O4. The van der Waals surface area contributed by atoms with Crippen LogP contribution < -0.4 is 10.1 Å². The van der Waals surface area contributed by atoms with Crippen molar-refractivity contribution in [3.8, 4) is 5.75 Å². The quantitative estimate of drug-likeness (QED) is 0.518. The fourth-order valence-corrected chi connectivity index (χ4v) is 1.73. The van der Waals surface area contributed by atoms with Crippen molar-refractivity contribution in [1.82, 2.24) is 4.98 Å². The number of anilines is 1. The van der Waals surface area contributed by atoms with Crippen molar-refractivity contribution in [2.45, 2.75) is 0 Å². The predicted molar refractivity (Wildman–Crippen MR) is 76.4 cm³/mol. The van der Waals surface area contributed by atoms with Crippen LogP contribution in [-0.2, 0) is 4.79 Å². The van der Waals surface area contributed by atoms with Gasteiger partial charge >= 0.3 is 5.69 Å². The van der Waals surface area contributed by atoms with E-state index >= 15 is 0 Å². The van der Waals surface area contributed by atoms with E-state index in [1.165, 1.54) is 12.3 Å². The number of carbonyl (C=O) groups excluding carboxylic acids is 1. The molecule has 0 fully saturated rings. The molecule has 22 heavy (non-hydrogen) atoms. The van der Waals surface area contributed by atoms with Crippen molar-refractivity contribution in [3.63, 3.8) is 0 Å². The zero-order valence-electron chi connectivity index (χ0n) is 11.0. The van der Waals surface area contributed by atoms with Crippen LogP contribution in [0, 0.1) is 15.9 Å². The molecule has 0 radical (unpaired) electrons. The van der Waals surface area contributed by atoms with Crippen LogP contribution in [-0.4, -0.2) is 22.4 Å². The van der Waals surface area contributed by atoms with Gasteiger partial charge in [0, 0.05) is 18.3 Å². The number of carbonyl (C=O) groups is 1. The molecule has 1 aromatic carbocycles. The third-order valence-corrected chi connectivity index (χ3v) is 2.81. The van der Waals surface area contributed by atoms with E-state index in [0.29, 0.717) is 0 Å². The smallest absolute Gasteiger partial charge is 0.311 e. The van der Waals surface area contributed by atoms with Crippen molar-refractivity contribution in [1.29, 1.82) is 0 Å². The zero-order valence-corrected chi connectivity index (χ0v) is 11.7. The second-order valence-corrected chi connectivity index (χ2v) is 4.41. The maximum absolute atomic E-state index is 13.1. The van der Waals surface area contributed by atoms with E-state index < -0.39 is 28.9 Å². The average Bonchev–Trinajstić information content (AvgIpc) is 2.47. The van der Waals surface area contributed by atoms with E-state index in [1.807, 2.05) is 0 Å². The summed E-state index contributed by atoms with van der Waals surface area (Å²) in [6, 6.07) is 5.82. The Kier molecular flexibility index (Phi) is 4.84. The Bertz CT molecular complexity index is 726. The van der Waals surface area contributed by atoms with Gasteiger partial charge in [-0.05, 0) is 18.2 Å². The SMILES string of the molecule is O=C(COc1cc(F)ccc1[N+](=O)[O-])Nc1cccnc1Cl. The Morgan fingerprint density at radius 3 is 2.91 bits per heavy atom. The van der Waals surface area contributed by atoms with Crippen LogP contribution >= 0.6 is 11.6 Å². The minimum absolute atomic E-state index is 0.0904. The molecule has 1 heterocycles. The summed E-state index contributed by atoms with van der Waals surface area (Å²) < 4.78 is 18.1. The van der Waals surface area contributed by atoms with Gasteiger partial charge in [-0.1, -0.05) is 11.6 Å². The first kappa shape index (κ1) is 15.6. The average molecular weight is 326 g/mol. The molecule has 2 aromatic rings. The van der Waals surface area contributed by atoms with Crippen molar-refractivity contribution >= 4 is 28.9 Å². The molecule has 1 amide bonds. The second kappa shape index (κ2) is 6.81. The second-order valence-electron chi connectivity index (χ2n) is 4.05. The number of hydrogen-bond acceptors (Lipinski definition) is 5. The lowest BCUT2D eigenvalue weighted by Crippen LogP contribution is -2.20. The molecule has 1 aromatic heterocycles. The molecular weight excluding hydrogens is 317 g/mol. The topological polar surface area (TPSA) is 94.4 Å². The fourth-order valence-electron chi connectivity index (χ4n) is 1.56. The van der Waals surface area contributed by atoms with E-state index in [9.17, 15) is 19.3 Å². The number of nitrogens with zero attached hydrogens (tertiary/aromatic N) is 2. The number of nitrogens with one attached hydrogen (secondary N) is 1. The number of nitro benzene ring substituents is 1. The molecule has 0 bridgehead atoms. The predicted octanol–water partition coefficient (Wildman–Crippen LogP) is 2.80. The van der Waals surface area contributed by atoms with Crippen LogP contribution in [0.3, 0.4) is 0 Å². The van der Waals surface area contributed by atoms with Crippen LogP contribution in [0.25, 0.3) is 0 Å². The van der Waals surface area contributed by atoms with Gasteiger partial charge in [0.15, 0.2) is 11.8 Å². The minimum Gasteiger partial charge on any atom is -0.477 e. The van der Waals surface area contributed by atoms with E-state index in [4.69, 9.17) is 16.3 Å². The van der Waals surface area contributed by atoms with Gasteiger partial charge in [0.25, 0.3) is 5.91 Å². The summed E-state index contributed by atoms with van der Waals surface area (Å²) in [7, 11) is 0. The normalized spacial score (nSPS) is 10.1. The summed E-state index contributed by atoms with van der Waals surface area (Å²) in [6.07, 6.45) is 1.45. The maximum Gasteiger partial charge on any atom is 0.311 e. The first-order chi connectivity index (χ1) is 10.5. The molecule has 7 nitrogen and oxygen atoms in total. The maximum atomic E-state index is 13.1. The molecule has 0 spiro atoms. The molecule has 0 saturated carbocycles. The summed E-state index contributed by atoms with van der Waals surface area (Å²) >= 11 is 5.77. The lowest BCUT2D eigenvalue weighted by Gasteiger charge is -2.08. The van der Waals surface area contributed by atoms with Gasteiger partial charge in [-0.15, -0.1) is 0 Å². The van der Waals surface area contributed by atoms with Gasteiger partial charge in [-0.25, -0.2) is 9.37 Å². The highest BCUT2D eigenvalue weighted by atomic mass is 35.5. The third-order valence-electron chi connectivity index (χ3n) is 2.51. The molecule has 9 heteroatoms. The monoisotopic (exact) mass is 325 g/mol. The van der Waals surface area contributed by atoms with E-state index in [0.717, 1.165) is 18.2 Å². The molecule has 0 aliphatic heterocycles. The summed E-state index contributed by atoms with van der Waals surface area (Å²) in [5.74, 6) is -1.66. The van der Waals surface area contributed by atoms with Crippen LogP contribution in [0.4, 0.5) is 15.8 Å². The fraction of sp³-hybridized carbons (Fsp3) is 0.0769. The summed E-state index contributed by atoms with van der Waals surface area (Å²) in [5, 5.41) is 13.3. The first-order valence-corrected chi connectivity index (χ1v) is 6.32. The van der Waals surface area contributed by atoms with Crippen molar-refractivity contribution < 1.29 is 18.8 Å². The Balaban J connectivity index is 2.04. The molecule has 0 aliphatic carbocycles. The highest BCUT2D eigenvalue weighted by Gasteiger charge is 2.17. The molecule has 114 valence electrons. The molecule has 0 aliphatic rings. The number of aromatic nitrogens is 1. The van der Waals surface area contributed by atoms with Gasteiger partial charge in [-0.2, -0.15) is 0 Å². The van der Waals surface area contributed by atoms with Crippen molar-refractivity contribution in [2.24, 2.45) is 0 Å². The third kappa shape index (κ3) is 3.89. The first-order valence-electron chi connectivity index (χ1n) is 5.94. The highest BCUT2D eigenvalue weighted by Crippen LogP contribution is 2.27. The number of hydrogen-bond donors (Lipinski definition) is 1. The largest absolute Gasteiger partial charge is 0.477 e. The Morgan fingerprint density at radius 2 is 2.23 bits per heavy atom. The number of nitro groups is 1. The molecule has 0 saturated heterocycles. The van der Waals surface area contributed by atoms with Gasteiger partial charge in [0.2, 0.25) is 5.75 Å². The Hall–Kier alpha value is -2.74. The van der Waals surface area contributed by atoms with Gasteiger partial charge in [0.1, 0.15) is 5.82 Å². The van der Waals surface area contributed by atoms with Gasteiger partial charge in [-0.3, -0.25) is 14.9 Å². The van der Waals surface area contributed by atoms with E-state index in [1.54, 1.807) is 6.07 Å². The number of pyridine rings is 1. The van der Waals surface area contributed by atoms with Crippen molar-refractivity contribution in [2.75, 3.05) is 11.9 Å².